The average Bonchev–Trinajstić information content (AvgIpc) is 3.05. The van der Waals surface area contributed by atoms with Crippen LogP contribution in [0.25, 0.3) is 10.3 Å². The van der Waals surface area contributed by atoms with E-state index in [0.29, 0.717) is 16.8 Å². The second-order valence-corrected chi connectivity index (χ2v) is 6.98. The maximum absolute atomic E-state index is 12.5. The highest BCUT2D eigenvalue weighted by Crippen LogP contribution is 2.36. The van der Waals surface area contributed by atoms with Crippen molar-refractivity contribution in [2.75, 3.05) is 5.73 Å². The maximum atomic E-state index is 12.5. The van der Waals surface area contributed by atoms with Crippen molar-refractivity contribution in [2.24, 2.45) is 5.92 Å². The number of hydrogen-bond acceptors (Lipinski definition) is 8. The molecular formula is C15H20N4O4S. The molecule has 3 rings (SSSR count). The van der Waals surface area contributed by atoms with Gasteiger partial charge in [-0.05, 0) is 5.92 Å². The zero-order valence-electron chi connectivity index (χ0n) is 13.8. The summed E-state index contributed by atoms with van der Waals surface area (Å²) in [5.74, 6) is -0.0389. The number of aromatic nitrogens is 3. The summed E-state index contributed by atoms with van der Waals surface area (Å²) in [6.45, 7) is 5.50. The molecule has 3 heterocycles. The number of nitrogen functional groups attached to an aromatic ring is 1. The Kier molecular flexibility index (Phi) is 4.55. The third kappa shape index (κ3) is 3.01. The summed E-state index contributed by atoms with van der Waals surface area (Å²) in [6, 6.07) is 0. The predicted molar refractivity (Wildman–Crippen MR) is 89.6 cm³/mol. The quantitative estimate of drug-likeness (QED) is 0.834. The SMILES string of the molecule is CC[C@H](C)[C@@H]1C[C@@H](OC(C)=O)[C@H](n2c(=O)sc3cnc(N)nc32)O1. The van der Waals surface area contributed by atoms with Gasteiger partial charge in [0, 0.05) is 13.3 Å². The van der Waals surface area contributed by atoms with Gasteiger partial charge in [-0.15, -0.1) is 0 Å². The van der Waals surface area contributed by atoms with Crippen molar-refractivity contribution in [3.8, 4) is 0 Å². The molecular weight excluding hydrogens is 332 g/mol. The number of esters is 1. The number of rotatable bonds is 4. The predicted octanol–water partition coefficient (Wildman–Crippen LogP) is 1.70. The molecule has 1 aliphatic heterocycles. The van der Waals surface area contributed by atoms with E-state index >= 15 is 0 Å². The van der Waals surface area contributed by atoms with Gasteiger partial charge in [-0.2, -0.15) is 4.98 Å². The Morgan fingerprint density at radius 3 is 3.04 bits per heavy atom. The standard InChI is InChI=1S/C15H20N4O4S/c1-4-7(2)9-5-10(22-8(3)20)13(23-9)19-12-11(24-15(19)21)6-17-14(16)18-12/h6-7,9-10,13H,4-5H2,1-3H3,(H2,16,17,18)/t7-,9-,10+,13+/m0/s1. The van der Waals surface area contributed by atoms with Gasteiger partial charge in [0.1, 0.15) is 6.10 Å². The number of nitrogens with zero attached hydrogens (tertiary/aromatic N) is 3. The first kappa shape index (κ1) is 16.8. The largest absolute Gasteiger partial charge is 0.458 e. The van der Waals surface area contributed by atoms with Crippen molar-refractivity contribution in [3.63, 3.8) is 0 Å². The van der Waals surface area contributed by atoms with Crippen LogP contribution in [0.3, 0.4) is 0 Å². The van der Waals surface area contributed by atoms with Crippen molar-refractivity contribution >= 4 is 33.6 Å². The Labute approximate surface area is 142 Å². The number of ether oxygens (including phenoxy) is 2. The van der Waals surface area contributed by atoms with Crippen LogP contribution >= 0.6 is 11.3 Å². The number of hydrogen-bond donors (Lipinski definition) is 1. The van der Waals surface area contributed by atoms with Crippen molar-refractivity contribution in [1.82, 2.24) is 14.5 Å². The van der Waals surface area contributed by atoms with Crippen LogP contribution in [0.1, 0.15) is 39.8 Å². The summed E-state index contributed by atoms with van der Waals surface area (Å²) >= 11 is 1.02. The monoisotopic (exact) mass is 352 g/mol. The molecule has 0 unspecified atom stereocenters. The molecule has 1 aliphatic rings. The third-order valence-corrected chi connectivity index (χ3v) is 5.20. The molecule has 0 aliphatic carbocycles. The number of carbonyl (C=O) groups is 1. The number of fused-ring (bicyclic) bond motifs is 1. The topological polar surface area (TPSA) is 109 Å². The molecule has 2 aromatic rings. The highest BCUT2D eigenvalue weighted by molar-refractivity contribution is 7.16. The highest BCUT2D eigenvalue weighted by Gasteiger charge is 2.42. The van der Waals surface area contributed by atoms with E-state index in [9.17, 15) is 9.59 Å². The minimum absolute atomic E-state index is 0.0783. The van der Waals surface area contributed by atoms with E-state index in [4.69, 9.17) is 15.2 Å². The fourth-order valence-corrected chi connectivity index (χ4v) is 3.73. The molecule has 9 heteroatoms. The summed E-state index contributed by atoms with van der Waals surface area (Å²) < 4.78 is 13.5. The molecule has 4 atom stereocenters. The molecule has 8 nitrogen and oxygen atoms in total. The third-order valence-electron chi connectivity index (χ3n) is 4.32. The van der Waals surface area contributed by atoms with Gasteiger partial charge in [0.2, 0.25) is 5.95 Å². The second kappa shape index (κ2) is 6.48. The number of anilines is 1. The van der Waals surface area contributed by atoms with E-state index in [0.717, 1.165) is 17.8 Å². The first-order chi connectivity index (χ1) is 11.4. The lowest BCUT2D eigenvalue weighted by Gasteiger charge is -2.20. The molecule has 0 aromatic carbocycles. The Balaban J connectivity index is 2.05. The van der Waals surface area contributed by atoms with Gasteiger partial charge in [-0.1, -0.05) is 31.6 Å². The molecule has 1 saturated heterocycles. The lowest BCUT2D eigenvalue weighted by molar-refractivity contribution is -0.152. The molecule has 2 N–H and O–H groups in total. The van der Waals surface area contributed by atoms with E-state index in [1.807, 2.05) is 0 Å². The number of carbonyl (C=O) groups excluding carboxylic acids is 1. The van der Waals surface area contributed by atoms with Gasteiger partial charge in [0.05, 0.1) is 17.0 Å². The van der Waals surface area contributed by atoms with E-state index in [1.165, 1.54) is 17.7 Å². The van der Waals surface area contributed by atoms with Gasteiger partial charge in [-0.25, -0.2) is 4.98 Å². The van der Waals surface area contributed by atoms with E-state index in [1.54, 1.807) is 0 Å². The normalized spacial score (nSPS) is 25.0. The minimum Gasteiger partial charge on any atom is -0.458 e. The molecule has 1 fully saturated rings. The van der Waals surface area contributed by atoms with Crippen molar-refractivity contribution < 1.29 is 14.3 Å². The zero-order valence-corrected chi connectivity index (χ0v) is 14.6. The van der Waals surface area contributed by atoms with Crippen LogP contribution < -0.4 is 10.6 Å². The summed E-state index contributed by atoms with van der Waals surface area (Å²) in [7, 11) is 0. The summed E-state index contributed by atoms with van der Waals surface area (Å²) in [4.78, 5) is 31.8. The molecule has 0 bridgehead atoms. The molecule has 0 amide bonds. The minimum atomic E-state index is -0.705. The molecule has 130 valence electrons. The Morgan fingerprint density at radius 1 is 1.62 bits per heavy atom. The van der Waals surface area contributed by atoms with Gasteiger partial charge in [-0.3, -0.25) is 14.2 Å². The van der Waals surface area contributed by atoms with E-state index in [2.05, 4.69) is 23.8 Å². The molecule has 2 aromatic heterocycles. The molecule has 0 radical (unpaired) electrons. The Bertz CT molecular complexity index is 817. The second-order valence-electron chi connectivity index (χ2n) is 5.99. The van der Waals surface area contributed by atoms with E-state index in [-0.39, 0.29) is 22.8 Å². The fraction of sp³-hybridized carbons (Fsp3) is 0.600. The lowest BCUT2D eigenvalue weighted by atomic mass is 9.99. The van der Waals surface area contributed by atoms with E-state index < -0.39 is 18.3 Å². The molecule has 0 spiro atoms. The zero-order chi connectivity index (χ0) is 17.4. The van der Waals surface area contributed by atoms with Crippen molar-refractivity contribution in [3.05, 3.63) is 15.9 Å². The number of thiazole rings is 1. The fourth-order valence-electron chi connectivity index (χ4n) is 2.92. The number of nitrogens with two attached hydrogens (primary N) is 1. The first-order valence-corrected chi connectivity index (χ1v) is 8.68. The van der Waals surface area contributed by atoms with Crippen LogP contribution in [0.2, 0.25) is 0 Å². The first-order valence-electron chi connectivity index (χ1n) is 7.87. The Hall–Kier alpha value is -2.00. The van der Waals surface area contributed by atoms with Crippen LogP contribution in [-0.2, 0) is 14.3 Å². The van der Waals surface area contributed by atoms with Gasteiger partial charge >= 0.3 is 10.8 Å². The van der Waals surface area contributed by atoms with Crippen molar-refractivity contribution in [2.45, 2.75) is 52.0 Å². The molecule has 0 saturated carbocycles. The summed E-state index contributed by atoms with van der Waals surface area (Å²) in [6.07, 6.45) is 1.66. The smallest absolute Gasteiger partial charge is 0.311 e. The van der Waals surface area contributed by atoms with Crippen LogP contribution in [0.15, 0.2) is 11.0 Å². The van der Waals surface area contributed by atoms with Gasteiger partial charge in [0.15, 0.2) is 11.9 Å². The van der Waals surface area contributed by atoms with Crippen LogP contribution in [0.5, 0.6) is 0 Å². The van der Waals surface area contributed by atoms with Crippen LogP contribution in [0.4, 0.5) is 5.95 Å². The van der Waals surface area contributed by atoms with Gasteiger partial charge in [0.25, 0.3) is 0 Å². The summed E-state index contributed by atoms with van der Waals surface area (Å²) in [5.41, 5.74) is 6.06. The van der Waals surface area contributed by atoms with Gasteiger partial charge < -0.3 is 15.2 Å². The van der Waals surface area contributed by atoms with Crippen molar-refractivity contribution in [1.29, 1.82) is 0 Å². The summed E-state index contributed by atoms with van der Waals surface area (Å²) in [5, 5.41) is 0. The van der Waals surface area contributed by atoms with Crippen LogP contribution in [0, 0.1) is 5.92 Å². The maximum Gasteiger partial charge on any atom is 0.311 e. The van der Waals surface area contributed by atoms with Crippen LogP contribution in [-0.4, -0.2) is 32.7 Å². The lowest BCUT2D eigenvalue weighted by Crippen LogP contribution is -2.30. The molecule has 24 heavy (non-hydrogen) atoms. The average molecular weight is 352 g/mol. The highest BCUT2D eigenvalue weighted by atomic mass is 32.1. The Morgan fingerprint density at radius 2 is 2.38 bits per heavy atom.